The Morgan fingerprint density at radius 2 is 1.55 bits per heavy atom. The highest BCUT2D eigenvalue weighted by atomic mass is 16.5. The molecule has 5 N–H and O–H groups in total. The van der Waals surface area contributed by atoms with E-state index in [1.165, 1.54) is 0 Å². The molecule has 1 heterocycles. The number of urea groups is 1. The van der Waals surface area contributed by atoms with Crippen LogP contribution in [0.3, 0.4) is 0 Å². The van der Waals surface area contributed by atoms with Crippen molar-refractivity contribution in [2.75, 3.05) is 6.54 Å². The molecule has 0 spiro atoms. The lowest BCUT2D eigenvalue weighted by Gasteiger charge is -2.39. The molecule has 12 nitrogen and oxygen atoms in total. The number of hydrogen-bond donors (Lipinski definition) is 4. The van der Waals surface area contributed by atoms with E-state index in [0.717, 1.165) is 87.0 Å². The Hall–Kier alpha value is -4.48. The van der Waals surface area contributed by atoms with Crippen LogP contribution >= 0.6 is 0 Å². The Bertz CT molecular complexity index is 1810. The first-order valence-corrected chi connectivity index (χ1v) is 20.6. The smallest absolute Gasteiger partial charge is 0.332 e. The molecule has 5 amide bonds. The molecule has 4 saturated carbocycles. The number of piperidine rings is 1. The highest BCUT2D eigenvalue weighted by Gasteiger charge is 2.70. The summed E-state index contributed by atoms with van der Waals surface area (Å²) in [5.41, 5.74) is 4.83. The summed E-state index contributed by atoms with van der Waals surface area (Å²) in [7, 11) is 0. The number of nitrogens with zero attached hydrogens (tertiary/aromatic N) is 1. The van der Waals surface area contributed by atoms with Crippen LogP contribution < -0.4 is 21.7 Å². The van der Waals surface area contributed by atoms with E-state index < -0.39 is 53.3 Å². The van der Waals surface area contributed by atoms with E-state index >= 15 is 0 Å². The predicted molar refractivity (Wildman–Crippen MR) is 206 cm³/mol. The Morgan fingerprint density at radius 1 is 0.855 bits per heavy atom. The molecular formula is C43H57N5O7. The standard InChI is InChI=1S/C43H57N5O7/c1-42(2)31-24-48(35(33(31)42)38(51)45-32(36(49)37(44)50)23-26-12-11-13-26)39(52)34(29-15-5-3-6-16-29)46-41(54)47-43(20-9-4-10-21-43)40(53)55-25-27-18-19-28-14-7-8-17-30(28)22-27/h7-8,14,17-19,22,26,29,31-35H,3-6,9-13,15-16,20-21,23-25H2,1-2H3,(H2,44,50)(H,45,51)(H2,46,47,54)/t31-,32?,33-,34-,35-/m0/s1. The Labute approximate surface area is 323 Å². The second-order valence-corrected chi connectivity index (χ2v) is 17.6. The molecule has 4 aliphatic carbocycles. The third kappa shape index (κ3) is 8.10. The first-order valence-electron chi connectivity index (χ1n) is 20.6. The summed E-state index contributed by atoms with van der Waals surface area (Å²) in [6.45, 7) is 4.58. The van der Waals surface area contributed by atoms with Crippen molar-refractivity contribution in [3.8, 4) is 0 Å². The molecule has 12 heteroatoms. The summed E-state index contributed by atoms with van der Waals surface area (Å²) in [5.74, 6) is -3.18. The van der Waals surface area contributed by atoms with Crippen LogP contribution in [0.1, 0.15) is 109 Å². The number of benzene rings is 2. The number of hydrogen-bond acceptors (Lipinski definition) is 7. The third-order valence-corrected chi connectivity index (χ3v) is 13.7. The lowest BCUT2D eigenvalue weighted by atomic mass is 9.80. The van der Waals surface area contributed by atoms with Crippen molar-refractivity contribution in [3.63, 3.8) is 0 Å². The van der Waals surface area contributed by atoms with Gasteiger partial charge in [0, 0.05) is 6.54 Å². The highest BCUT2D eigenvalue weighted by molar-refractivity contribution is 6.37. The Balaban J connectivity index is 1.07. The maximum atomic E-state index is 14.8. The topological polar surface area (TPSA) is 177 Å². The van der Waals surface area contributed by atoms with E-state index in [4.69, 9.17) is 10.5 Å². The molecule has 1 saturated heterocycles. The number of nitrogens with one attached hydrogen (secondary N) is 3. The largest absolute Gasteiger partial charge is 0.459 e. The summed E-state index contributed by atoms with van der Waals surface area (Å²) in [4.78, 5) is 83.3. The quantitative estimate of drug-likeness (QED) is 0.163. The number of esters is 1. The fraction of sp³-hybridized carbons (Fsp3) is 0.628. The lowest BCUT2D eigenvalue weighted by molar-refractivity contribution is -0.154. The highest BCUT2D eigenvalue weighted by Crippen LogP contribution is 2.65. The SMILES string of the molecule is CC1(C)[C@@H]2[C@@H](C(=O)NC(CC3CCC3)C(=O)C(N)=O)N(C(=O)[C@@H](NC(=O)NC3(C(=O)OCc4ccc5ccccc5c4)CCCCC3)C3CCCCC3)C[C@@H]21. The second kappa shape index (κ2) is 15.9. The molecule has 5 atom stereocenters. The van der Waals surface area contributed by atoms with Gasteiger partial charge in [-0.25, -0.2) is 9.59 Å². The molecule has 5 aliphatic rings. The number of fused-ring (bicyclic) bond motifs is 2. The van der Waals surface area contributed by atoms with Crippen molar-refractivity contribution in [1.29, 1.82) is 0 Å². The van der Waals surface area contributed by atoms with Crippen LogP contribution in [-0.2, 0) is 35.3 Å². The maximum absolute atomic E-state index is 14.8. The van der Waals surface area contributed by atoms with E-state index in [9.17, 15) is 28.8 Å². The number of ether oxygens (including phenoxy) is 1. The minimum absolute atomic E-state index is 0.0710. The van der Waals surface area contributed by atoms with Crippen molar-refractivity contribution in [1.82, 2.24) is 20.9 Å². The second-order valence-electron chi connectivity index (χ2n) is 17.6. The number of amides is 5. The minimum atomic E-state index is -1.23. The average molecular weight is 756 g/mol. The molecule has 7 rings (SSSR count). The molecule has 2 aromatic carbocycles. The summed E-state index contributed by atoms with van der Waals surface area (Å²) in [6, 6.07) is 10.5. The number of nitrogens with two attached hydrogens (primary N) is 1. The number of Topliss-reactive ketones (excluding diaryl/α,β-unsaturated/α-hetero) is 1. The number of carbonyl (C=O) groups is 6. The van der Waals surface area contributed by atoms with Crippen LogP contribution in [0.25, 0.3) is 10.8 Å². The van der Waals surface area contributed by atoms with Crippen molar-refractivity contribution < 1.29 is 33.5 Å². The van der Waals surface area contributed by atoms with E-state index in [1.807, 2.05) is 42.5 Å². The van der Waals surface area contributed by atoms with Crippen LogP contribution in [0.15, 0.2) is 42.5 Å². The minimum Gasteiger partial charge on any atom is -0.459 e. The third-order valence-electron chi connectivity index (χ3n) is 13.7. The number of carbonyl (C=O) groups excluding carboxylic acids is 6. The van der Waals surface area contributed by atoms with Gasteiger partial charge in [0.2, 0.25) is 17.6 Å². The molecule has 296 valence electrons. The van der Waals surface area contributed by atoms with Gasteiger partial charge < -0.3 is 31.3 Å². The van der Waals surface area contributed by atoms with Gasteiger partial charge in [0.05, 0.1) is 6.04 Å². The van der Waals surface area contributed by atoms with Gasteiger partial charge in [0.25, 0.3) is 5.91 Å². The molecule has 1 unspecified atom stereocenters. The van der Waals surface area contributed by atoms with E-state index in [-0.39, 0.29) is 41.6 Å². The van der Waals surface area contributed by atoms with Gasteiger partial charge in [-0.3, -0.25) is 19.2 Å². The molecule has 5 fully saturated rings. The molecule has 2 aromatic rings. The van der Waals surface area contributed by atoms with Gasteiger partial charge in [0.1, 0.15) is 24.2 Å². The molecule has 1 aliphatic heterocycles. The average Bonchev–Trinajstić information content (AvgIpc) is 3.46. The first-order chi connectivity index (χ1) is 26.4. The number of ketones is 1. The summed E-state index contributed by atoms with van der Waals surface area (Å²) in [6.07, 6.45) is 10.9. The fourth-order valence-corrected chi connectivity index (χ4v) is 10.1. The molecule has 55 heavy (non-hydrogen) atoms. The van der Waals surface area contributed by atoms with Crippen LogP contribution in [0.5, 0.6) is 0 Å². The van der Waals surface area contributed by atoms with E-state index in [1.54, 1.807) is 4.90 Å². The van der Waals surface area contributed by atoms with Gasteiger partial charge in [-0.1, -0.05) is 108 Å². The van der Waals surface area contributed by atoms with Crippen molar-refractivity contribution in [2.45, 2.75) is 134 Å². The number of rotatable bonds is 13. The van der Waals surface area contributed by atoms with Crippen LogP contribution in [0, 0.1) is 29.1 Å². The molecular weight excluding hydrogens is 699 g/mol. The van der Waals surface area contributed by atoms with E-state index in [2.05, 4.69) is 29.8 Å². The van der Waals surface area contributed by atoms with Crippen molar-refractivity contribution >= 4 is 46.3 Å². The van der Waals surface area contributed by atoms with Crippen molar-refractivity contribution in [2.24, 2.45) is 34.8 Å². The van der Waals surface area contributed by atoms with Crippen molar-refractivity contribution in [3.05, 3.63) is 48.0 Å². The predicted octanol–water partition coefficient (Wildman–Crippen LogP) is 5.05. The normalized spacial score (nSPS) is 25.4. The zero-order valence-electron chi connectivity index (χ0n) is 32.3. The van der Waals surface area contributed by atoms with Gasteiger partial charge in [-0.15, -0.1) is 0 Å². The van der Waals surface area contributed by atoms with Gasteiger partial charge in [-0.05, 0) is 83.6 Å². The zero-order valence-corrected chi connectivity index (χ0v) is 32.3. The Kier molecular flexibility index (Phi) is 11.2. The number of likely N-dealkylation sites (tertiary alicyclic amines) is 1. The summed E-state index contributed by atoms with van der Waals surface area (Å²) in [5, 5.41) is 11.0. The Morgan fingerprint density at radius 3 is 2.22 bits per heavy atom. The van der Waals surface area contributed by atoms with Crippen LogP contribution in [-0.4, -0.2) is 70.6 Å². The van der Waals surface area contributed by atoms with Gasteiger partial charge in [0.15, 0.2) is 0 Å². The first kappa shape index (κ1) is 38.8. The van der Waals surface area contributed by atoms with Gasteiger partial charge >= 0.3 is 12.0 Å². The number of primary amides is 1. The fourth-order valence-electron chi connectivity index (χ4n) is 10.1. The van der Waals surface area contributed by atoms with E-state index in [0.29, 0.717) is 25.8 Å². The van der Waals surface area contributed by atoms with Gasteiger partial charge in [-0.2, -0.15) is 0 Å². The molecule has 0 bridgehead atoms. The molecule has 0 aromatic heterocycles. The van der Waals surface area contributed by atoms with Crippen LogP contribution in [0.4, 0.5) is 4.79 Å². The lowest BCUT2D eigenvalue weighted by Crippen LogP contribution is -2.63. The zero-order chi connectivity index (χ0) is 38.9. The monoisotopic (exact) mass is 755 g/mol. The summed E-state index contributed by atoms with van der Waals surface area (Å²) >= 11 is 0. The van der Waals surface area contributed by atoms with Crippen LogP contribution in [0.2, 0.25) is 0 Å². The summed E-state index contributed by atoms with van der Waals surface area (Å²) < 4.78 is 5.89. The molecule has 0 radical (unpaired) electrons. The maximum Gasteiger partial charge on any atom is 0.332 e.